The van der Waals surface area contributed by atoms with E-state index in [4.69, 9.17) is 23.8 Å². The van der Waals surface area contributed by atoms with E-state index < -0.39 is 5.82 Å². The van der Waals surface area contributed by atoms with Crippen molar-refractivity contribution in [1.82, 2.24) is 20.2 Å². The molecule has 0 aliphatic carbocycles. The van der Waals surface area contributed by atoms with Gasteiger partial charge in [-0.15, -0.1) is 0 Å². The number of hydrogen-bond donors (Lipinski definition) is 2. The smallest absolute Gasteiger partial charge is 0.225 e. The average Bonchev–Trinajstić information content (AvgIpc) is 2.66. The molecule has 0 radical (unpaired) electrons. The van der Waals surface area contributed by atoms with Crippen LogP contribution in [0.1, 0.15) is 0 Å². The minimum Gasteiger partial charge on any atom is -0.361 e. The SMILES string of the molecule is Fc1ccc(NC(=S)NCCN2CCN(c3ncccn3)CC2)cc1Cl. The fourth-order valence-corrected chi connectivity index (χ4v) is 3.10. The number of halogens is 2. The normalized spacial score (nSPS) is 14.9. The van der Waals surface area contributed by atoms with Gasteiger partial charge in [0.1, 0.15) is 5.82 Å². The van der Waals surface area contributed by atoms with Gasteiger partial charge >= 0.3 is 0 Å². The maximum absolute atomic E-state index is 13.2. The molecule has 0 atom stereocenters. The van der Waals surface area contributed by atoms with Crippen molar-refractivity contribution in [2.24, 2.45) is 0 Å². The van der Waals surface area contributed by atoms with Gasteiger partial charge in [-0.2, -0.15) is 0 Å². The quantitative estimate of drug-likeness (QED) is 0.755. The van der Waals surface area contributed by atoms with E-state index in [2.05, 4.69) is 30.4 Å². The van der Waals surface area contributed by atoms with E-state index in [9.17, 15) is 4.39 Å². The highest BCUT2D eigenvalue weighted by molar-refractivity contribution is 7.80. The molecule has 2 N–H and O–H groups in total. The van der Waals surface area contributed by atoms with Crippen LogP contribution < -0.4 is 15.5 Å². The van der Waals surface area contributed by atoms with Gasteiger partial charge in [0.2, 0.25) is 5.95 Å². The predicted octanol–water partition coefficient (Wildman–Crippen LogP) is 2.38. The summed E-state index contributed by atoms with van der Waals surface area (Å²) in [5.41, 5.74) is 0.658. The van der Waals surface area contributed by atoms with Crippen LogP contribution in [-0.2, 0) is 0 Å². The first-order valence-electron chi connectivity index (χ1n) is 8.36. The van der Waals surface area contributed by atoms with Crippen LogP contribution >= 0.6 is 23.8 Å². The van der Waals surface area contributed by atoms with Crippen LogP contribution in [-0.4, -0.2) is 59.2 Å². The lowest BCUT2D eigenvalue weighted by atomic mass is 10.3. The molecule has 6 nitrogen and oxygen atoms in total. The molecule has 3 rings (SSSR count). The molecular weight excluding hydrogens is 375 g/mol. The summed E-state index contributed by atoms with van der Waals surface area (Å²) in [6.45, 7) is 5.32. The Hall–Kier alpha value is -2.03. The Kier molecular flexibility index (Phi) is 6.54. The topological polar surface area (TPSA) is 56.3 Å². The van der Waals surface area contributed by atoms with E-state index >= 15 is 0 Å². The number of anilines is 2. The number of thiocarbonyl (C=S) groups is 1. The van der Waals surface area contributed by atoms with Gasteiger partial charge in [0.25, 0.3) is 0 Å². The summed E-state index contributed by atoms with van der Waals surface area (Å²) in [4.78, 5) is 13.1. The van der Waals surface area contributed by atoms with Crippen molar-refractivity contribution in [2.45, 2.75) is 0 Å². The Morgan fingerprint density at radius 2 is 1.92 bits per heavy atom. The van der Waals surface area contributed by atoms with Crippen molar-refractivity contribution in [2.75, 3.05) is 49.5 Å². The van der Waals surface area contributed by atoms with Crippen LogP contribution in [0, 0.1) is 5.82 Å². The highest BCUT2D eigenvalue weighted by Gasteiger charge is 2.18. The summed E-state index contributed by atoms with van der Waals surface area (Å²) in [6, 6.07) is 6.24. The molecular formula is C17H20ClFN6S. The van der Waals surface area contributed by atoms with Crippen LogP contribution in [0.4, 0.5) is 16.0 Å². The third-order valence-electron chi connectivity index (χ3n) is 4.10. The molecule has 2 heterocycles. The van der Waals surface area contributed by atoms with Crippen LogP contribution in [0.3, 0.4) is 0 Å². The molecule has 1 saturated heterocycles. The van der Waals surface area contributed by atoms with Crippen molar-refractivity contribution >= 4 is 40.6 Å². The second kappa shape index (κ2) is 9.07. The van der Waals surface area contributed by atoms with Crippen molar-refractivity contribution < 1.29 is 4.39 Å². The summed E-state index contributed by atoms with van der Waals surface area (Å²) < 4.78 is 13.2. The van der Waals surface area contributed by atoms with Gasteiger partial charge in [-0.1, -0.05) is 11.6 Å². The first-order chi connectivity index (χ1) is 12.6. The number of piperazine rings is 1. The Balaban J connectivity index is 1.36. The molecule has 138 valence electrons. The number of hydrogen-bond acceptors (Lipinski definition) is 5. The molecule has 2 aromatic rings. The van der Waals surface area contributed by atoms with Gasteiger partial charge in [0, 0.05) is 57.3 Å². The van der Waals surface area contributed by atoms with Crippen molar-refractivity contribution in [3.8, 4) is 0 Å². The van der Waals surface area contributed by atoms with Gasteiger partial charge in [0.05, 0.1) is 5.02 Å². The Morgan fingerprint density at radius 1 is 1.19 bits per heavy atom. The van der Waals surface area contributed by atoms with Crippen LogP contribution in [0.25, 0.3) is 0 Å². The lowest BCUT2D eigenvalue weighted by Gasteiger charge is -2.34. The van der Waals surface area contributed by atoms with Crippen LogP contribution in [0.2, 0.25) is 5.02 Å². The van der Waals surface area contributed by atoms with Crippen LogP contribution in [0.5, 0.6) is 0 Å². The molecule has 1 aliphatic heterocycles. The molecule has 0 bridgehead atoms. The van der Waals surface area contributed by atoms with Gasteiger partial charge in [-0.05, 0) is 36.5 Å². The zero-order valence-electron chi connectivity index (χ0n) is 14.2. The Labute approximate surface area is 162 Å². The molecule has 0 saturated carbocycles. The molecule has 1 aromatic heterocycles. The third kappa shape index (κ3) is 5.23. The van der Waals surface area contributed by atoms with Gasteiger partial charge < -0.3 is 15.5 Å². The molecule has 26 heavy (non-hydrogen) atoms. The summed E-state index contributed by atoms with van der Waals surface area (Å²) >= 11 is 11.0. The van der Waals surface area contributed by atoms with Crippen LogP contribution in [0.15, 0.2) is 36.7 Å². The first kappa shape index (κ1) is 18.8. The molecule has 9 heteroatoms. The molecule has 0 unspecified atom stereocenters. The maximum atomic E-state index is 13.2. The summed E-state index contributed by atoms with van der Waals surface area (Å²) in [5.74, 6) is 0.338. The first-order valence-corrected chi connectivity index (χ1v) is 9.14. The monoisotopic (exact) mass is 394 g/mol. The number of aromatic nitrogens is 2. The van der Waals surface area contributed by atoms with Gasteiger partial charge in [-0.25, -0.2) is 14.4 Å². The fraction of sp³-hybridized carbons (Fsp3) is 0.353. The highest BCUT2D eigenvalue weighted by Crippen LogP contribution is 2.19. The van der Waals surface area contributed by atoms with E-state index in [0.29, 0.717) is 10.8 Å². The standard InChI is InChI=1S/C17H20ClFN6S/c18-14-12-13(2-3-15(14)19)23-17(26)22-6-7-24-8-10-25(11-9-24)16-20-4-1-5-21-16/h1-5,12H,6-11H2,(H2,22,23,26). The van der Waals surface area contributed by atoms with E-state index in [1.165, 1.54) is 12.1 Å². The maximum Gasteiger partial charge on any atom is 0.225 e. The van der Waals surface area contributed by atoms with E-state index in [1.54, 1.807) is 18.5 Å². The summed E-state index contributed by atoms with van der Waals surface area (Å²) in [6.07, 6.45) is 3.53. The van der Waals surface area contributed by atoms with Crippen molar-refractivity contribution in [3.05, 3.63) is 47.5 Å². The number of rotatable bonds is 5. The minimum atomic E-state index is -0.448. The predicted molar refractivity (Wildman–Crippen MR) is 106 cm³/mol. The van der Waals surface area contributed by atoms with E-state index in [-0.39, 0.29) is 5.02 Å². The summed E-state index contributed by atoms with van der Waals surface area (Å²) in [5, 5.41) is 6.72. The number of nitrogens with one attached hydrogen (secondary N) is 2. The zero-order chi connectivity index (χ0) is 18.4. The van der Waals surface area contributed by atoms with Crippen molar-refractivity contribution in [3.63, 3.8) is 0 Å². The third-order valence-corrected chi connectivity index (χ3v) is 4.63. The molecule has 0 spiro atoms. The number of benzene rings is 1. The summed E-state index contributed by atoms with van der Waals surface area (Å²) in [7, 11) is 0. The highest BCUT2D eigenvalue weighted by atomic mass is 35.5. The zero-order valence-corrected chi connectivity index (χ0v) is 15.7. The minimum absolute atomic E-state index is 0.0677. The second-order valence-corrected chi connectivity index (χ2v) is 6.70. The lowest BCUT2D eigenvalue weighted by molar-refractivity contribution is 0.260. The largest absolute Gasteiger partial charge is 0.361 e. The molecule has 1 aromatic carbocycles. The van der Waals surface area contributed by atoms with Crippen molar-refractivity contribution in [1.29, 1.82) is 0 Å². The molecule has 1 fully saturated rings. The number of nitrogens with zero attached hydrogens (tertiary/aromatic N) is 4. The second-order valence-electron chi connectivity index (χ2n) is 5.89. The Bertz CT molecular complexity index is 739. The van der Waals surface area contributed by atoms with Gasteiger partial charge in [0.15, 0.2) is 5.11 Å². The van der Waals surface area contributed by atoms with Gasteiger partial charge in [-0.3, -0.25) is 4.90 Å². The fourth-order valence-electron chi connectivity index (χ4n) is 2.70. The average molecular weight is 395 g/mol. The van der Waals surface area contributed by atoms with E-state index in [1.807, 2.05) is 6.07 Å². The lowest BCUT2D eigenvalue weighted by Crippen LogP contribution is -2.49. The molecule has 1 aliphatic rings. The molecule has 0 amide bonds. The van der Waals surface area contributed by atoms with E-state index in [0.717, 1.165) is 45.2 Å². The Morgan fingerprint density at radius 3 is 2.62 bits per heavy atom.